The minimum atomic E-state index is 0.665. The molecule has 0 saturated carbocycles. The fourth-order valence-electron chi connectivity index (χ4n) is 2.07. The van der Waals surface area contributed by atoms with Gasteiger partial charge in [-0.15, -0.1) is 0 Å². The highest BCUT2D eigenvalue weighted by Gasteiger charge is 2.10. The maximum atomic E-state index is 5.64. The largest absolute Gasteiger partial charge is 0.497 e. The molecule has 1 aromatic carbocycles. The van der Waals surface area contributed by atoms with Crippen LogP contribution in [0.25, 0.3) is 0 Å². The number of ether oxygens (including phenoxy) is 1. The van der Waals surface area contributed by atoms with E-state index in [1.165, 1.54) is 0 Å². The minimum absolute atomic E-state index is 0.665. The Bertz CT molecular complexity index is 540. The van der Waals surface area contributed by atoms with Crippen LogP contribution in [0.1, 0.15) is 12.1 Å². The average molecular weight is 271 g/mol. The second kappa shape index (κ2) is 6.91. The number of aryl methyl sites for hydroxylation is 1. The molecule has 0 aliphatic rings. The monoisotopic (exact) mass is 271 g/mol. The Labute approximate surface area is 120 Å². The number of hydrogen-bond donors (Lipinski definition) is 1. The Morgan fingerprint density at radius 2 is 1.90 bits per heavy atom. The van der Waals surface area contributed by atoms with Gasteiger partial charge in [0.2, 0.25) is 0 Å². The summed E-state index contributed by atoms with van der Waals surface area (Å²) in [5, 5.41) is 0. The molecule has 4 nitrogen and oxygen atoms in total. The molecule has 0 amide bonds. The number of nitrogens with zero attached hydrogens (tertiary/aromatic N) is 2. The summed E-state index contributed by atoms with van der Waals surface area (Å²) in [4.78, 5) is 6.78. The number of hydrogen-bond acceptors (Lipinski definition) is 4. The molecular formula is C16H21N3O. The summed E-state index contributed by atoms with van der Waals surface area (Å²) < 4.78 is 5.20. The van der Waals surface area contributed by atoms with Crippen molar-refractivity contribution in [1.82, 2.24) is 4.98 Å². The lowest BCUT2D eigenvalue weighted by atomic mass is 10.2. The third-order valence-corrected chi connectivity index (χ3v) is 3.12. The van der Waals surface area contributed by atoms with Gasteiger partial charge in [-0.2, -0.15) is 0 Å². The van der Waals surface area contributed by atoms with Crippen molar-refractivity contribution in [2.45, 2.75) is 13.3 Å². The highest BCUT2D eigenvalue weighted by Crippen LogP contribution is 2.26. The molecule has 20 heavy (non-hydrogen) atoms. The van der Waals surface area contributed by atoms with Crippen molar-refractivity contribution in [3.63, 3.8) is 0 Å². The lowest BCUT2D eigenvalue weighted by molar-refractivity contribution is 0.415. The predicted octanol–water partition coefficient (Wildman–Crippen LogP) is 2.89. The van der Waals surface area contributed by atoms with E-state index < -0.39 is 0 Å². The van der Waals surface area contributed by atoms with E-state index in [1.807, 2.05) is 49.4 Å². The van der Waals surface area contributed by atoms with Gasteiger partial charge in [-0.1, -0.05) is 6.07 Å². The third-order valence-electron chi connectivity index (χ3n) is 3.12. The van der Waals surface area contributed by atoms with Crippen LogP contribution in [0.4, 0.5) is 11.5 Å². The molecule has 0 atom stereocenters. The first-order chi connectivity index (χ1) is 9.74. The van der Waals surface area contributed by atoms with Gasteiger partial charge in [0.1, 0.15) is 11.6 Å². The topological polar surface area (TPSA) is 51.4 Å². The number of rotatable bonds is 6. The van der Waals surface area contributed by atoms with E-state index in [9.17, 15) is 0 Å². The van der Waals surface area contributed by atoms with E-state index in [0.29, 0.717) is 6.54 Å². The molecule has 0 bridgehead atoms. The van der Waals surface area contributed by atoms with Crippen molar-refractivity contribution < 1.29 is 4.74 Å². The Hall–Kier alpha value is -2.07. The lowest BCUT2D eigenvalue weighted by Gasteiger charge is -2.24. The molecule has 2 aromatic rings. The van der Waals surface area contributed by atoms with Crippen LogP contribution in [-0.4, -0.2) is 25.2 Å². The van der Waals surface area contributed by atoms with E-state index in [4.69, 9.17) is 10.5 Å². The molecule has 0 fully saturated rings. The first kappa shape index (κ1) is 14.3. The van der Waals surface area contributed by atoms with Gasteiger partial charge in [-0.3, -0.25) is 0 Å². The Kier molecular flexibility index (Phi) is 4.96. The summed E-state index contributed by atoms with van der Waals surface area (Å²) in [5.41, 5.74) is 7.74. The molecule has 2 rings (SSSR count). The van der Waals surface area contributed by atoms with Crippen molar-refractivity contribution in [1.29, 1.82) is 0 Å². The smallest absolute Gasteiger partial charge is 0.133 e. The highest BCUT2D eigenvalue weighted by atomic mass is 16.5. The number of benzene rings is 1. The highest BCUT2D eigenvalue weighted by molar-refractivity contribution is 5.60. The maximum absolute atomic E-state index is 5.64. The van der Waals surface area contributed by atoms with Crippen LogP contribution in [0.3, 0.4) is 0 Å². The fraction of sp³-hybridized carbons (Fsp3) is 0.312. The first-order valence-electron chi connectivity index (χ1n) is 6.80. The summed E-state index contributed by atoms with van der Waals surface area (Å²) in [7, 11) is 1.67. The van der Waals surface area contributed by atoms with Gasteiger partial charge in [-0.25, -0.2) is 4.98 Å². The van der Waals surface area contributed by atoms with Gasteiger partial charge in [-0.05, 0) is 56.3 Å². The van der Waals surface area contributed by atoms with Crippen molar-refractivity contribution in [3.8, 4) is 5.75 Å². The molecule has 1 heterocycles. The molecule has 106 valence electrons. The Balaban J connectivity index is 2.30. The molecular weight excluding hydrogens is 250 g/mol. The Morgan fingerprint density at radius 1 is 1.15 bits per heavy atom. The number of anilines is 2. The summed E-state index contributed by atoms with van der Waals surface area (Å²) in [6.07, 6.45) is 0.918. The third kappa shape index (κ3) is 3.48. The van der Waals surface area contributed by atoms with Crippen LogP contribution in [0.5, 0.6) is 5.75 Å². The van der Waals surface area contributed by atoms with Gasteiger partial charge < -0.3 is 15.4 Å². The van der Waals surface area contributed by atoms with E-state index in [1.54, 1.807) is 7.11 Å². The molecule has 1 aromatic heterocycles. The van der Waals surface area contributed by atoms with Crippen LogP contribution in [0.2, 0.25) is 0 Å². The van der Waals surface area contributed by atoms with E-state index in [0.717, 1.165) is 35.9 Å². The number of pyridine rings is 1. The molecule has 0 saturated heterocycles. The molecule has 0 aliphatic carbocycles. The van der Waals surface area contributed by atoms with Crippen molar-refractivity contribution in [2.75, 3.05) is 25.1 Å². The summed E-state index contributed by atoms with van der Waals surface area (Å²) in [6, 6.07) is 14.0. The van der Waals surface area contributed by atoms with Gasteiger partial charge in [0, 0.05) is 17.9 Å². The van der Waals surface area contributed by atoms with Gasteiger partial charge in [0.05, 0.1) is 7.11 Å². The second-order valence-electron chi connectivity index (χ2n) is 4.63. The standard InChI is InChI=1S/C16H21N3O/c1-13-5-3-6-16(18-13)19(12-4-11-17)14-7-9-15(20-2)10-8-14/h3,5-10H,4,11-12,17H2,1-2H3. The van der Waals surface area contributed by atoms with Gasteiger partial charge >= 0.3 is 0 Å². The van der Waals surface area contributed by atoms with Crippen LogP contribution in [-0.2, 0) is 0 Å². The maximum Gasteiger partial charge on any atom is 0.133 e. The zero-order valence-electron chi connectivity index (χ0n) is 12.0. The number of aromatic nitrogens is 1. The summed E-state index contributed by atoms with van der Waals surface area (Å²) in [5.74, 6) is 1.80. The lowest BCUT2D eigenvalue weighted by Crippen LogP contribution is -2.22. The van der Waals surface area contributed by atoms with Crippen molar-refractivity contribution in [3.05, 3.63) is 48.2 Å². The summed E-state index contributed by atoms with van der Waals surface area (Å²) in [6.45, 7) is 3.51. The van der Waals surface area contributed by atoms with Crippen LogP contribution >= 0.6 is 0 Å². The van der Waals surface area contributed by atoms with Crippen molar-refractivity contribution >= 4 is 11.5 Å². The van der Waals surface area contributed by atoms with E-state index in [-0.39, 0.29) is 0 Å². The normalized spacial score (nSPS) is 10.3. The molecule has 4 heteroatoms. The molecule has 0 unspecified atom stereocenters. The summed E-state index contributed by atoms with van der Waals surface area (Å²) >= 11 is 0. The van der Waals surface area contributed by atoms with E-state index in [2.05, 4.69) is 9.88 Å². The van der Waals surface area contributed by atoms with Gasteiger partial charge in [0.15, 0.2) is 0 Å². The fourth-order valence-corrected chi connectivity index (χ4v) is 2.07. The van der Waals surface area contributed by atoms with Gasteiger partial charge in [0.25, 0.3) is 0 Å². The Morgan fingerprint density at radius 3 is 2.50 bits per heavy atom. The number of nitrogens with two attached hydrogens (primary N) is 1. The first-order valence-corrected chi connectivity index (χ1v) is 6.80. The number of methoxy groups -OCH3 is 1. The zero-order chi connectivity index (χ0) is 14.4. The zero-order valence-corrected chi connectivity index (χ0v) is 12.0. The van der Waals surface area contributed by atoms with Crippen LogP contribution in [0.15, 0.2) is 42.5 Å². The molecule has 0 spiro atoms. The average Bonchev–Trinajstić information content (AvgIpc) is 2.48. The molecule has 0 radical (unpaired) electrons. The quantitative estimate of drug-likeness (QED) is 0.877. The molecule has 0 aliphatic heterocycles. The molecule has 2 N–H and O–H groups in total. The predicted molar refractivity (Wildman–Crippen MR) is 82.6 cm³/mol. The second-order valence-corrected chi connectivity index (χ2v) is 4.63. The van der Waals surface area contributed by atoms with E-state index >= 15 is 0 Å². The minimum Gasteiger partial charge on any atom is -0.497 e. The van der Waals surface area contributed by atoms with Crippen molar-refractivity contribution in [2.24, 2.45) is 5.73 Å². The van der Waals surface area contributed by atoms with Crippen LogP contribution < -0.4 is 15.4 Å². The SMILES string of the molecule is COc1ccc(N(CCCN)c2cccc(C)n2)cc1. The van der Waals surface area contributed by atoms with Crippen LogP contribution in [0, 0.1) is 6.92 Å².